The fraction of sp³-hybridized carbons (Fsp3) is 0.286. The second kappa shape index (κ2) is 5.68. The Morgan fingerprint density at radius 2 is 1.81 bits per heavy atom. The molecule has 0 aliphatic carbocycles. The normalized spacial score (nSPS) is 11.7. The van der Waals surface area contributed by atoms with Crippen molar-refractivity contribution in [1.82, 2.24) is 4.31 Å². The van der Waals surface area contributed by atoms with Gasteiger partial charge in [-0.05, 0) is 24.3 Å². The van der Waals surface area contributed by atoms with Gasteiger partial charge in [0.15, 0.2) is 4.98 Å². The zero-order chi connectivity index (χ0) is 15.6. The lowest BCUT2D eigenvalue weighted by atomic mass is 10.1. The molecule has 0 atom stereocenters. The predicted octanol–water partition coefficient (Wildman–Crippen LogP) is 3.06. The fourth-order valence-electron chi connectivity index (χ4n) is 2.33. The molecule has 0 aromatic heterocycles. The summed E-state index contributed by atoms with van der Waals surface area (Å²) < 4.78 is 26.7. The summed E-state index contributed by atoms with van der Waals surface area (Å²) in [6.07, 6.45) is 0. The molecule has 0 unspecified atom stereocenters. The minimum absolute atomic E-state index is 0.0379. The van der Waals surface area contributed by atoms with E-state index in [1.54, 1.807) is 26.0 Å². The molecule has 0 aliphatic heterocycles. The minimum Gasteiger partial charge on any atom is -0.501 e. The fourth-order valence-corrected chi connectivity index (χ4v) is 4.00. The van der Waals surface area contributed by atoms with E-state index in [2.05, 4.69) is 4.98 Å². The Kier molecular flexibility index (Phi) is 4.11. The molecule has 0 heterocycles. The van der Waals surface area contributed by atoms with Crippen LogP contribution in [0.25, 0.3) is 15.7 Å². The molecule has 7 heteroatoms. The van der Waals surface area contributed by atoms with Crippen LogP contribution in [0.5, 0.6) is 5.75 Å². The first-order valence-electron chi connectivity index (χ1n) is 6.57. The van der Waals surface area contributed by atoms with Gasteiger partial charge in [0, 0.05) is 18.5 Å². The van der Waals surface area contributed by atoms with E-state index in [1.165, 1.54) is 22.5 Å². The summed E-state index contributed by atoms with van der Waals surface area (Å²) in [5, 5.41) is 19.5. The number of benzene rings is 2. The van der Waals surface area contributed by atoms with Gasteiger partial charge in [0.25, 0.3) is 0 Å². The first kappa shape index (κ1) is 15.2. The average molecular weight is 306 g/mol. The van der Waals surface area contributed by atoms with E-state index in [4.69, 9.17) is 5.39 Å². The molecule has 21 heavy (non-hydrogen) atoms. The Morgan fingerprint density at radius 1 is 1.14 bits per heavy atom. The highest BCUT2D eigenvalue weighted by Crippen LogP contribution is 2.37. The van der Waals surface area contributed by atoms with Gasteiger partial charge in [0.05, 0.1) is 10.3 Å². The minimum atomic E-state index is -3.64. The van der Waals surface area contributed by atoms with Gasteiger partial charge in [-0.25, -0.2) is 8.42 Å². The average Bonchev–Trinajstić information content (AvgIpc) is 2.47. The molecule has 2 aromatic rings. The van der Waals surface area contributed by atoms with Crippen molar-refractivity contribution in [2.24, 2.45) is 0 Å². The number of aromatic hydroxyl groups is 1. The molecule has 6 nitrogen and oxygen atoms in total. The Hall–Kier alpha value is -2.17. The van der Waals surface area contributed by atoms with Crippen LogP contribution in [-0.4, -0.2) is 30.9 Å². The van der Waals surface area contributed by atoms with Crippen LogP contribution in [0.2, 0.25) is 0 Å². The van der Waals surface area contributed by atoms with Gasteiger partial charge in [-0.3, -0.25) is 0 Å². The topological polar surface area (TPSA) is 85.8 Å². The molecule has 0 aliphatic rings. The van der Waals surface area contributed by atoms with Crippen LogP contribution >= 0.6 is 0 Å². The summed E-state index contributed by atoms with van der Waals surface area (Å²) >= 11 is 0. The van der Waals surface area contributed by atoms with Crippen molar-refractivity contribution in [1.29, 1.82) is 5.39 Å². The number of sulfonamides is 1. The van der Waals surface area contributed by atoms with Crippen LogP contribution < -0.4 is 0 Å². The van der Waals surface area contributed by atoms with E-state index >= 15 is 0 Å². The molecular formula is C14H16N3O3S+. The van der Waals surface area contributed by atoms with Gasteiger partial charge in [-0.15, -0.1) is 0 Å². The Balaban J connectivity index is 2.82. The van der Waals surface area contributed by atoms with Gasteiger partial charge in [-0.1, -0.05) is 19.9 Å². The maximum absolute atomic E-state index is 12.7. The van der Waals surface area contributed by atoms with Gasteiger partial charge in [-0.2, -0.15) is 4.31 Å². The Morgan fingerprint density at radius 3 is 2.38 bits per heavy atom. The highest BCUT2D eigenvalue weighted by atomic mass is 32.2. The number of rotatable bonds is 4. The first-order chi connectivity index (χ1) is 9.97. The van der Waals surface area contributed by atoms with E-state index in [0.29, 0.717) is 23.9 Å². The van der Waals surface area contributed by atoms with Crippen molar-refractivity contribution in [3.05, 3.63) is 35.3 Å². The zero-order valence-corrected chi connectivity index (χ0v) is 12.6. The number of hydrogen-bond donors (Lipinski definition) is 1. The lowest BCUT2D eigenvalue weighted by Crippen LogP contribution is -2.30. The molecule has 0 saturated carbocycles. The van der Waals surface area contributed by atoms with E-state index in [0.717, 1.165) is 0 Å². The second-order valence-corrected chi connectivity index (χ2v) is 6.38. The van der Waals surface area contributed by atoms with Crippen LogP contribution in [0.1, 0.15) is 13.8 Å². The highest BCUT2D eigenvalue weighted by molar-refractivity contribution is 7.89. The summed E-state index contributed by atoms with van der Waals surface area (Å²) in [7, 11) is -3.64. The summed E-state index contributed by atoms with van der Waals surface area (Å²) in [5.74, 6) is -0.206. The third kappa shape index (κ3) is 2.44. The van der Waals surface area contributed by atoms with Crippen molar-refractivity contribution in [3.8, 4) is 5.75 Å². The molecule has 0 bridgehead atoms. The van der Waals surface area contributed by atoms with Gasteiger partial charge in [0.1, 0.15) is 0 Å². The molecule has 0 amide bonds. The van der Waals surface area contributed by atoms with Crippen LogP contribution in [0.4, 0.5) is 5.69 Å². The number of hydrogen-bond acceptors (Lipinski definition) is 4. The number of nitrogens with zero attached hydrogens (tertiary/aromatic N) is 3. The summed E-state index contributed by atoms with van der Waals surface area (Å²) in [6, 6.07) is 7.50. The molecule has 0 radical (unpaired) electrons. The first-order valence-corrected chi connectivity index (χ1v) is 8.01. The van der Waals surface area contributed by atoms with Crippen LogP contribution in [0.15, 0.2) is 35.2 Å². The zero-order valence-electron chi connectivity index (χ0n) is 11.8. The lowest BCUT2D eigenvalue weighted by molar-refractivity contribution is 0.446. The summed E-state index contributed by atoms with van der Waals surface area (Å²) in [4.78, 5) is 3.18. The predicted molar refractivity (Wildman–Crippen MR) is 80.5 cm³/mol. The van der Waals surface area contributed by atoms with Crippen LogP contribution in [0, 0.1) is 5.39 Å². The van der Waals surface area contributed by atoms with E-state index in [1.807, 2.05) is 0 Å². The van der Waals surface area contributed by atoms with Crippen molar-refractivity contribution in [3.63, 3.8) is 0 Å². The van der Waals surface area contributed by atoms with Gasteiger partial charge < -0.3 is 5.11 Å². The molecule has 2 aromatic carbocycles. The third-order valence-electron chi connectivity index (χ3n) is 3.39. The smallest absolute Gasteiger partial charge is 0.433 e. The summed E-state index contributed by atoms with van der Waals surface area (Å²) in [5.41, 5.74) is -0.0379. The molecular weight excluding hydrogens is 290 g/mol. The van der Waals surface area contributed by atoms with Gasteiger partial charge >= 0.3 is 5.69 Å². The molecule has 0 saturated heterocycles. The molecule has 110 valence electrons. The van der Waals surface area contributed by atoms with E-state index in [9.17, 15) is 13.5 Å². The molecule has 0 spiro atoms. The highest BCUT2D eigenvalue weighted by Gasteiger charge is 2.27. The summed E-state index contributed by atoms with van der Waals surface area (Å²) in [6.45, 7) is 4.27. The number of diazo groups is 1. The van der Waals surface area contributed by atoms with Gasteiger partial charge in [0.2, 0.25) is 21.2 Å². The van der Waals surface area contributed by atoms with Crippen molar-refractivity contribution in [2.75, 3.05) is 13.1 Å². The molecule has 0 fully saturated rings. The largest absolute Gasteiger partial charge is 0.501 e. The molecule has 2 rings (SSSR count). The van der Waals surface area contributed by atoms with Crippen molar-refractivity contribution < 1.29 is 13.5 Å². The van der Waals surface area contributed by atoms with Crippen LogP contribution in [-0.2, 0) is 10.0 Å². The number of phenolic OH excluding ortho intramolecular Hbond substituents is 1. The maximum atomic E-state index is 12.7. The monoisotopic (exact) mass is 306 g/mol. The SMILES string of the molecule is CCN(CC)S(=O)(=O)c1cccc2c([N+]#N)c(O)ccc12. The molecule has 1 N–H and O–H groups in total. The third-order valence-corrected chi connectivity index (χ3v) is 5.50. The Bertz CT molecular complexity index is 821. The lowest BCUT2D eigenvalue weighted by Gasteiger charge is -2.19. The second-order valence-electron chi connectivity index (χ2n) is 4.47. The quantitative estimate of drug-likeness (QED) is 0.880. The Labute approximate surface area is 123 Å². The van der Waals surface area contributed by atoms with Crippen molar-refractivity contribution in [2.45, 2.75) is 18.7 Å². The van der Waals surface area contributed by atoms with Crippen molar-refractivity contribution >= 4 is 26.5 Å². The standard InChI is InChI=1S/C14H15N3O3S/c1-3-17(4-2)21(19,20)13-7-5-6-11-10(13)8-9-12(18)14(11)16-15/h5-9H,3-4H2,1-2H3/p+1. The van der Waals surface area contributed by atoms with Crippen LogP contribution in [0.3, 0.4) is 0 Å². The van der Waals surface area contributed by atoms with E-state index < -0.39 is 10.0 Å². The maximum Gasteiger partial charge on any atom is 0.433 e. The van der Waals surface area contributed by atoms with E-state index in [-0.39, 0.29) is 16.3 Å². The number of phenols is 1. The number of fused-ring (bicyclic) bond motifs is 1.